The summed E-state index contributed by atoms with van der Waals surface area (Å²) in [5.74, 6) is 1.87. The minimum atomic E-state index is -0.475. The van der Waals surface area contributed by atoms with E-state index in [2.05, 4.69) is 0 Å². The van der Waals surface area contributed by atoms with E-state index < -0.39 is 11.5 Å². The van der Waals surface area contributed by atoms with Crippen molar-refractivity contribution in [2.45, 2.75) is 88.6 Å². The van der Waals surface area contributed by atoms with E-state index in [1.54, 1.807) is 14.2 Å². The lowest BCUT2D eigenvalue weighted by Crippen LogP contribution is -2.42. The predicted octanol–water partition coefficient (Wildman–Crippen LogP) is 7.50. The predicted molar refractivity (Wildman–Crippen MR) is 163 cm³/mol. The molecule has 40 heavy (non-hydrogen) atoms. The Hall–Kier alpha value is -2.41. The fraction of sp³-hybridized carbons (Fsp3) is 0.618. The molecule has 2 aromatic rings. The van der Waals surface area contributed by atoms with Crippen molar-refractivity contribution in [1.29, 1.82) is 0 Å². The molecule has 0 amide bonds. The Bertz CT molecular complexity index is 1040. The van der Waals surface area contributed by atoms with Crippen LogP contribution in [0.2, 0.25) is 0 Å². The molecule has 1 N–H and O–H groups in total. The number of carbonyl (C=O) groups is 1. The number of hydrogen-bond acceptors (Lipinski definition) is 6. The summed E-state index contributed by atoms with van der Waals surface area (Å²) in [6.45, 7) is 21.8. The first-order valence-electron chi connectivity index (χ1n) is 14.0. The van der Waals surface area contributed by atoms with Gasteiger partial charge in [-0.3, -0.25) is 4.79 Å². The minimum Gasteiger partial charge on any atom is -0.497 e. The standard InChI is InChI=1S/C17H28O3.C17H26O3/c2*1-16(2,3)15(18)17(4,5)12-20-11-13-8-7-9-14(10-13)19-6/h7-10,15,18H,11-12H2,1-6H3;7-10H,11-12H2,1-6H3. The maximum atomic E-state index is 12.3. The zero-order valence-corrected chi connectivity index (χ0v) is 27.0. The van der Waals surface area contributed by atoms with E-state index in [9.17, 15) is 9.90 Å². The van der Waals surface area contributed by atoms with E-state index in [0.717, 1.165) is 22.6 Å². The average molecular weight is 559 g/mol. The topological polar surface area (TPSA) is 74.2 Å². The number of aliphatic hydroxyl groups is 1. The van der Waals surface area contributed by atoms with Crippen molar-refractivity contribution in [2.24, 2.45) is 21.7 Å². The number of ether oxygens (including phenoxy) is 4. The van der Waals surface area contributed by atoms with Gasteiger partial charge in [-0.15, -0.1) is 0 Å². The van der Waals surface area contributed by atoms with Crippen LogP contribution in [-0.2, 0) is 27.5 Å². The first-order valence-corrected chi connectivity index (χ1v) is 14.0. The van der Waals surface area contributed by atoms with E-state index in [-0.39, 0.29) is 22.0 Å². The molecular formula is C34H54O6. The lowest BCUT2D eigenvalue weighted by atomic mass is 9.73. The number of aliphatic hydroxyl groups excluding tert-OH is 1. The van der Waals surface area contributed by atoms with Gasteiger partial charge in [-0.25, -0.2) is 0 Å². The van der Waals surface area contributed by atoms with Crippen molar-refractivity contribution >= 4 is 5.78 Å². The van der Waals surface area contributed by atoms with Gasteiger partial charge in [-0.1, -0.05) is 93.5 Å². The molecule has 0 bridgehead atoms. The zero-order valence-electron chi connectivity index (χ0n) is 27.0. The van der Waals surface area contributed by atoms with Gasteiger partial charge in [-0.2, -0.15) is 0 Å². The lowest BCUT2D eigenvalue weighted by Gasteiger charge is -2.38. The van der Waals surface area contributed by atoms with Crippen LogP contribution in [-0.4, -0.2) is 44.4 Å². The second kappa shape index (κ2) is 15.0. The van der Waals surface area contributed by atoms with Crippen molar-refractivity contribution in [3.05, 3.63) is 59.7 Å². The van der Waals surface area contributed by atoms with Crippen LogP contribution in [0.1, 0.15) is 80.4 Å². The van der Waals surface area contributed by atoms with Crippen LogP contribution in [0.3, 0.4) is 0 Å². The summed E-state index contributed by atoms with van der Waals surface area (Å²) < 4.78 is 21.9. The molecule has 0 saturated carbocycles. The SMILES string of the molecule is COc1cccc(COCC(C)(C)C(=O)C(C)(C)C)c1.COc1cccc(COCC(C)(C)C(O)C(C)(C)C)c1. The number of benzene rings is 2. The highest BCUT2D eigenvalue weighted by Gasteiger charge is 2.37. The van der Waals surface area contributed by atoms with Crippen molar-refractivity contribution in [3.8, 4) is 11.5 Å². The molecule has 0 aliphatic carbocycles. The monoisotopic (exact) mass is 558 g/mol. The number of hydrogen-bond donors (Lipinski definition) is 1. The number of carbonyl (C=O) groups excluding carboxylic acids is 1. The largest absolute Gasteiger partial charge is 0.497 e. The summed E-state index contributed by atoms with van der Waals surface area (Å²) in [5.41, 5.74) is 0.869. The number of methoxy groups -OCH3 is 2. The third-order valence-corrected chi connectivity index (χ3v) is 6.60. The molecule has 6 heteroatoms. The molecule has 0 aliphatic heterocycles. The smallest absolute Gasteiger partial charge is 0.146 e. The molecule has 1 unspecified atom stereocenters. The number of Topliss-reactive ketones (excluding diaryl/α,β-unsaturated/α-hetero) is 1. The maximum absolute atomic E-state index is 12.3. The van der Waals surface area contributed by atoms with Gasteiger partial charge in [0.1, 0.15) is 17.3 Å². The summed E-state index contributed by atoms with van der Waals surface area (Å²) in [6, 6.07) is 15.6. The molecule has 6 nitrogen and oxygen atoms in total. The van der Waals surface area contributed by atoms with Crippen LogP contribution >= 0.6 is 0 Å². The van der Waals surface area contributed by atoms with Crippen molar-refractivity contribution in [1.82, 2.24) is 0 Å². The Morgan fingerprint density at radius 3 is 1.52 bits per heavy atom. The fourth-order valence-corrected chi connectivity index (χ4v) is 4.71. The number of rotatable bonds is 12. The van der Waals surface area contributed by atoms with E-state index in [0.29, 0.717) is 26.4 Å². The zero-order chi connectivity index (χ0) is 30.8. The van der Waals surface area contributed by atoms with Crippen LogP contribution < -0.4 is 9.47 Å². The lowest BCUT2D eigenvalue weighted by molar-refractivity contribution is -0.138. The highest BCUT2D eigenvalue weighted by Crippen LogP contribution is 2.34. The van der Waals surface area contributed by atoms with Crippen LogP contribution in [0.25, 0.3) is 0 Å². The summed E-state index contributed by atoms with van der Waals surface area (Å²) in [5, 5.41) is 10.4. The second-order valence-electron chi connectivity index (χ2n) is 13.9. The molecule has 226 valence electrons. The van der Waals surface area contributed by atoms with E-state index in [4.69, 9.17) is 18.9 Å². The molecular weight excluding hydrogens is 504 g/mol. The molecule has 2 rings (SSSR count). The minimum absolute atomic E-state index is 0.150. The van der Waals surface area contributed by atoms with Gasteiger partial charge in [0.25, 0.3) is 0 Å². The quantitative estimate of drug-likeness (QED) is 0.291. The summed E-state index contributed by atoms with van der Waals surface area (Å²) in [7, 11) is 3.30. The van der Waals surface area contributed by atoms with E-state index in [1.165, 1.54) is 0 Å². The molecule has 2 aromatic carbocycles. The third kappa shape index (κ3) is 12.0. The van der Waals surface area contributed by atoms with Gasteiger partial charge in [-0.05, 0) is 40.8 Å². The molecule has 0 radical (unpaired) electrons. The molecule has 1 atom stereocenters. The Labute approximate surface area is 243 Å². The van der Waals surface area contributed by atoms with E-state index in [1.807, 2.05) is 118 Å². The summed E-state index contributed by atoms with van der Waals surface area (Å²) in [4.78, 5) is 12.3. The van der Waals surface area contributed by atoms with Crippen LogP contribution in [0, 0.1) is 21.7 Å². The fourth-order valence-electron chi connectivity index (χ4n) is 4.71. The number of ketones is 1. The molecule has 0 aromatic heterocycles. The second-order valence-corrected chi connectivity index (χ2v) is 13.9. The summed E-state index contributed by atoms with van der Waals surface area (Å²) in [6.07, 6.45) is -0.416. The van der Waals surface area contributed by atoms with Gasteiger partial charge in [0, 0.05) is 16.2 Å². The van der Waals surface area contributed by atoms with E-state index >= 15 is 0 Å². The van der Waals surface area contributed by atoms with Gasteiger partial charge in [0.05, 0.1) is 46.8 Å². The normalized spacial score (nSPS) is 13.2. The van der Waals surface area contributed by atoms with Crippen LogP contribution in [0.15, 0.2) is 48.5 Å². The molecule has 0 aliphatic rings. The van der Waals surface area contributed by atoms with Crippen molar-refractivity contribution in [3.63, 3.8) is 0 Å². The van der Waals surface area contributed by atoms with Gasteiger partial charge >= 0.3 is 0 Å². The summed E-state index contributed by atoms with van der Waals surface area (Å²) >= 11 is 0. The highest BCUT2D eigenvalue weighted by atomic mass is 16.5. The molecule has 0 spiro atoms. The Morgan fingerprint density at radius 1 is 0.725 bits per heavy atom. The maximum Gasteiger partial charge on any atom is 0.146 e. The first kappa shape index (κ1) is 35.6. The van der Waals surface area contributed by atoms with Crippen LogP contribution in [0.5, 0.6) is 11.5 Å². The average Bonchev–Trinajstić information content (AvgIpc) is 2.87. The van der Waals surface area contributed by atoms with Crippen LogP contribution in [0.4, 0.5) is 0 Å². The van der Waals surface area contributed by atoms with Gasteiger partial charge < -0.3 is 24.1 Å². The highest BCUT2D eigenvalue weighted by molar-refractivity contribution is 5.88. The first-order chi connectivity index (χ1) is 18.3. The Morgan fingerprint density at radius 2 is 1.15 bits per heavy atom. The molecule has 0 heterocycles. The molecule has 0 fully saturated rings. The Kier molecular flexibility index (Phi) is 13.4. The van der Waals surface area contributed by atoms with Gasteiger partial charge in [0.2, 0.25) is 0 Å². The molecule has 0 saturated heterocycles. The van der Waals surface area contributed by atoms with Crippen molar-refractivity contribution < 1.29 is 28.8 Å². The van der Waals surface area contributed by atoms with Gasteiger partial charge in [0.15, 0.2) is 0 Å². The van der Waals surface area contributed by atoms with Crippen molar-refractivity contribution in [2.75, 3.05) is 27.4 Å². The third-order valence-electron chi connectivity index (χ3n) is 6.60. The Balaban J connectivity index is 0.000000400.